The van der Waals surface area contributed by atoms with Gasteiger partial charge in [-0.15, -0.1) is 5.10 Å². The summed E-state index contributed by atoms with van der Waals surface area (Å²) in [6, 6.07) is 6.07. The lowest BCUT2D eigenvalue weighted by Gasteiger charge is -2.12. The maximum atomic E-state index is 6.10. The first-order chi connectivity index (χ1) is 9.58. The van der Waals surface area contributed by atoms with Crippen LogP contribution >= 0.6 is 11.6 Å². The van der Waals surface area contributed by atoms with Crippen molar-refractivity contribution in [1.29, 1.82) is 0 Å². The van der Waals surface area contributed by atoms with Crippen LogP contribution in [0.5, 0.6) is 0 Å². The molecule has 1 aromatic carbocycles. The van der Waals surface area contributed by atoms with Gasteiger partial charge in [0.25, 0.3) is 0 Å². The molecule has 0 saturated carbocycles. The smallest absolute Gasteiger partial charge is 0.244 e. The summed E-state index contributed by atoms with van der Waals surface area (Å²) in [5.41, 5.74) is 1.91. The molecule has 0 aliphatic rings. The van der Waals surface area contributed by atoms with Gasteiger partial charge in [0.1, 0.15) is 0 Å². The lowest BCUT2D eigenvalue weighted by molar-refractivity contribution is 0.746. The van der Waals surface area contributed by atoms with Gasteiger partial charge in [0.2, 0.25) is 5.95 Å². The van der Waals surface area contributed by atoms with E-state index in [0.717, 1.165) is 22.7 Å². The molecule has 0 aliphatic carbocycles. The van der Waals surface area contributed by atoms with Crippen molar-refractivity contribution >= 4 is 29.1 Å². The highest BCUT2D eigenvalue weighted by Gasteiger charge is 2.05. The molecule has 1 heterocycles. The number of aromatic nitrogens is 3. The highest BCUT2D eigenvalue weighted by molar-refractivity contribution is 6.31. The highest BCUT2D eigenvalue weighted by atomic mass is 35.5. The van der Waals surface area contributed by atoms with Crippen molar-refractivity contribution in [3.63, 3.8) is 0 Å². The van der Waals surface area contributed by atoms with E-state index in [1.807, 2.05) is 25.1 Å². The van der Waals surface area contributed by atoms with Crippen LogP contribution in [-0.2, 0) is 0 Å². The Morgan fingerprint density at radius 3 is 2.85 bits per heavy atom. The largest absolute Gasteiger partial charge is 0.350 e. The van der Waals surface area contributed by atoms with Crippen LogP contribution < -0.4 is 10.6 Å². The molecule has 0 fully saturated rings. The molecular weight excluding hydrogens is 274 g/mol. The lowest BCUT2D eigenvalue weighted by Crippen LogP contribution is -2.16. The molecule has 2 aromatic rings. The summed E-state index contributed by atoms with van der Waals surface area (Å²) >= 11 is 6.10. The van der Waals surface area contributed by atoms with Crippen LogP contribution in [0.25, 0.3) is 0 Å². The molecule has 0 spiro atoms. The Bertz CT molecular complexity index is 588. The van der Waals surface area contributed by atoms with Gasteiger partial charge in [-0.05, 0) is 38.0 Å². The molecule has 1 aromatic heterocycles. The molecule has 5 nitrogen and oxygen atoms in total. The molecule has 0 aliphatic heterocycles. The van der Waals surface area contributed by atoms with Crippen LogP contribution in [0.1, 0.15) is 25.8 Å². The summed E-state index contributed by atoms with van der Waals surface area (Å²) in [4.78, 5) is 4.37. The Morgan fingerprint density at radius 1 is 1.35 bits per heavy atom. The van der Waals surface area contributed by atoms with Gasteiger partial charge < -0.3 is 10.6 Å². The van der Waals surface area contributed by atoms with Crippen molar-refractivity contribution in [3.8, 4) is 0 Å². The monoisotopic (exact) mass is 291 g/mol. The number of aryl methyl sites for hydroxylation is 1. The molecule has 0 bridgehead atoms. The summed E-state index contributed by atoms with van der Waals surface area (Å²) < 4.78 is 0. The maximum absolute atomic E-state index is 6.10. The Morgan fingerprint density at radius 2 is 2.15 bits per heavy atom. The second-order valence-electron chi connectivity index (χ2n) is 4.71. The molecule has 6 heteroatoms. The summed E-state index contributed by atoms with van der Waals surface area (Å²) in [5.74, 6) is 1.15. The van der Waals surface area contributed by atoms with Crippen molar-refractivity contribution in [2.75, 3.05) is 10.6 Å². The second-order valence-corrected chi connectivity index (χ2v) is 5.12. The molecular formula is C14H18ClN5. The Labute approximate surface area is 123 Å². The van der Waals surface area contributed by atoms with Gasteiger partial charge in [-0.25, -0.2) is 0 Å². The third-order valence-electron chi connectivity index (χ3n) is 2.99. The van der Waals surface area contributed by atoms with Crippen LogP contribution in [0.15, 0.2) is 24.4 Å². The normalized spacial score (nSPS) is 12.0. The average Bonchev–Trinajstić information content (AvgIpc) is 2.43. The maximum Gasteiger partial charge on any atom is 0.244 e. The van der Waals surface area contributed by atoms with E-state index >= 15 is 0 Å². The number of halogens is 1. The fourth-order valence-corrected chi connectivity index (χ4v) is 1.75. The van der Waals surface area contributed by atoms with Gasteiger partial charge in [0.15, 0.2) is 5.82 Å². The standard InChI is InChI=1S/C14H18ClN5/c1-4-10(3)17-14-19-13(8-16-20-14)18-11-6-5-9(2)12(15)7-11/h5-8,10H,4H2,1-3H3,(H2,17,18,19,20). The second kappa shape index (κ2) is 6.52. The minimum Gasteiger partial charge on any atom is -0.350 e. The molecule has 0 radical (unpaired) electrons. The van der Waals surface area contributed by atoms with Crippen LogP contribution in [0.3, 0.4) is 0 Å². The van der Waals surface area contributed by atoms with Gasteiger partial charge in [-0.3, -0.25) is 0 Å². The van der Waals surface area contributed by atoms with Gasteiger partial charge in [0.05, 0.1) is 6.20 Å². The van der Waals surface area contributed by atoms with Crippen LogP contribution in [0, 0.1) is 6.92 Å². The predicted molar refractivity (Wildman–Crippen MR) is 82.7 cm³/mol. The van der Waals surface area contributed by atoms with E-state index in [9.17, 15) is 0 Å². The SMILES string of the molecule is CCC(C)Nc1nncc(Nc2ccc(C)c(Cl)c2)n1. The van der Waals surface area contributed by atoms with Crippen molar-refractivity contribution in [2.45, 2.75) is 33.2 Å². The van der Waals surface area contributed by atoms with E-state index in [-0.39, 0.29) is 0 Å². The van der Waals surface area contributed by atoms with Crippen molar-refractivity contribution in [2.24, 2.45) is 0 Å². The van der Waals surface area contributed by atoms with E-state index in [0.29, 0.717) is 17.8 Å². The summed E-state index contributed by atoms with van der Waals surface area (Å²) in [7, 11) is 0. The van der Waals surface area contributed by atoms with E-state index < -0.39 is 0 Å². The van der Waals surface area contributed by atoms with E-state index in [4.69, 9.17) is 11.6 Å². The fraction of sp³-hybridized carbons (Fsp3) is 0.357. The number of hydrogen-bond donors (Lipinski definition) is 2. The molecule has 2 N–H and O–H groups in total. The molecule has 106 valence electrons. The molecule has 1 atom stereocenters. The molecule has 1 unspecified atom stereocenters. The number of anilines is 3. The zero-order chi connectivity index (χ0) is 14.5. The van der Waals surface area contributed by atoms with Crippen LogP contribution in [-0.4, -0.2) is 21.2 Å². The van der Waals surface area contributed by atoms with Crippen LogP contribution in [0.2, 0.25) is 5.02 Å². The van der Waals surface area contributed by atoms with E-state index in [2.05, 4.69) is 39.7 Å². The van der Waals surface area contributed by atoms with Gasteiger partial charge >= 0.3 is 0 Å². The molecule has 0 amide bonds. The average molecular weight is 292 g/mol. The fourth-order valence-electron chi connectivity index (χ4n) is 1.57. The highest BCUT2D eigenvalue weighted by Crippen LogP contribution is 2.22. The van der Waals surface area contributed by atoms with Crippen molar-refractivity contribution < 1.29 is 0 Å². The first-order valence-electron chi connectivity index (χ1n) is 6.58. The van der Waals surface area contributed by atoms with E-state index in [1.54, 1.807) is 6.20 Å². The van der Waals surface area contributed by atoms with Gasteiger partial charge in [0, 0.05) is 16.8 Å². The minimum absolute atomic E-state index is 0.306. The van der Waals surface area contributed by atoms with E-state index in [1.165, 1.54) is 0 Å². The topological polar surface area (TPSA) is 62.7 Å². The quantitative estimate of drug-likeness (QED) is 0.877. The first kappa shape index (κ1) is 14.5. The summed E-state index contributed by atoms with van der Waals surface area (Å²) in [6.45, 7) is 6.14. The number of benzene rings is 1. The first-order valence-corrected chi connectivity index (χ1v) is 6.95. The molecule has 2 rings (SSSR count). The zero-order valence-electron chi connectivity index (χ0n) is 11.8. The lowest BCUT2D eigenvalue weighted by atomic mass is 10.2. The molecule has 20 heavy (non-hydrogen) atoms. The molecule has 0 saturated heterocycles. The van der Waals surface area contributed by atoms with Gasteiger partial charge in [-0.2, -0.15) is 10.1 Å². The number of nitrogens with one attached hydrogen (secondary N) is 2. The van der Waals surface area contributed by atoms with Crippen LogP contribution in [0.4, 0.5) is 17.5 Å². The number of rotatable bonds is 5. The Kier molecular flexibility index (Phi) is 4.74. The third-order valence-corrected chi connectivity index (χ3v) is 3.40. The number of nitrogens with zero attached hydrogens (tertiary/aromatic N) is 3. The summed E-state index contributed by atoms with van der Waals surface area (Å²) in [5, 5.41) is 15.0. The third kappa shape index (κ3) is 3.81. The minimum atomic E-state index is 0.306. The summed E-state index contributed by atoms with van der Waals surface area (Å²) in [6.07, 6.45) is 2.57. The predicted octanol–water partition coefficient (Wildman–Crippen LogP) is 3.79. The Balaban J connectivity index is 2.12. The number of hydrogen-bond acceptors (Lipinski definition) is 5. The van der Waals surface area contributed by atoms with Crippen molar-refractivity contribution in [3.05, 3.63) is 35.0 Å². The van der Waals surface area contributed by atoms with Gasteiger partial charge in [-0.1, -0.05) is 24.6 Å². The Hall–Kier alpha value is -1.88. The van der Waals surface area contributed by atoms with Crippen molar-refractivity contribution in [1.82, 2.24) is 15.2 Å². The zero-order valence-corrected chi connectivity index (χ0v) is 12.6.